The molecule has 0 aromatic rings. The van der Waals surface area contributed by atoms with Crippen molar-refractivity contribution in [2.75, 3.05) is 27.2 Å². The summed E-state index contributed by atoms with van der Waals surface area (Å²) in [4.78, 5) is 0. The van der Waals surface area contributed by atoms with Gasteiger partial charge in [0.05, 0.1) is 36.0 Å². The van der Waals surface area contributed by atoms with Gasteiger partial charge in [0.1, 0.15) is 0 Å². The van der Waals surface area contributed by atoms with E-state index >= 15 is 0 Å². The van der Waals surface area contributed by atoms with Crippen LogP contribution in [0, 0.1) is 0 Å². The Morgan fingerprint density at radius 1 is 1.40 bits per heavy atom. The van der Waals surface area contributed by atoms with Crippen LogP contribution in [0.3, 0.4) is 0 Å². The molecular formula is C13H25NSi+. The van der Waals surface area contributed by atoms with Gasteiger partial charge in [-0.3, -0.25) is 0 Å². The summed E-state index contributed by atoms with van der Waals surface area (Å²) in [6, 6.07) is 1.44. The molecule has 2 heteroatoms. The molecule has 0 fully saturated rings. The van der Waals surface area contributed by atoms with Crippen LogP contribution in [0.5, 0.6) is 0 Å². The first-order valence-corrected chi connectivity index (χ1v) is 8.26. The zero-order valence-electron chi connectivity index (χ0n) is 10.7. The van der Waals surface area contributed by atoms with Crippen LogP contribution >= 0.6 is 0 Å². The minimum absolute atomic E-state index is 0.209. The highest BCUT2D eigenvalue weighted by Gasteiger charge is 2.15. The average Bonchev–Trinajstić information content (AvgIpc) is 2.70. The van der Waals surface area contributed by atoms with Gasteiger partial charge in [-0.1, -0.05) is 36.0 Å². The Morgan fingerprint density at radius 3 is 2.67 bits per heavy atom. The lowest BCUT2D eigenvalue weighted by Crippen LogP contribution is -2.40. The fraction of sp³-hybridized carbons (Fsp3) is 0.692. The van der Waals surface area contributed by atoms with Gasteiger partial charge < -0.3 is 4.48 Å². The van der Waals surface area contributed by atoms with Gasteiger partial charge in [0.2, 0.25) is 0 Å². The van der Waals surface area contributed by atoms with Crippen LogP contribution in [0.2, 0.25) is 12.6 Å². The van der Waals surface area contributed by atoms with Crippen molar-refractivity contribution in [3.05, 3.63) is 23.4 Å². The molecule has 0 aliphatic heterocycles. The Morgan fingerprint density at radius 2 is 2.13 bits per heavy atom. The number of rotatable bonds is 6. The number of allylic oxidation sites excluding steroid dienone is 4. The maximum absolute atomic E-state index is 2.47. The number of quaternary nitrogens is 1. The standard InChI is InChI=1S/C13H25NSi/c1-5-14(2,3)11-8-12-15(4)13-9-6-7-10-13/h6-7,9H,5,8,10-12H2,1-4H3/q+1. The Hall–Kier alpha value is -0.343. The molecule has 0 saturated carbocycles. The second-order valence-corrected chi connectivity index (χ2v) is 7.89. The summed E-state index contributed by atoms with van der Waals surface area (Å²) >= 11 is 0. The predicted molar refractivity (Wildman–Crippen MR) is 70.4 cm³/mol. The van der Waals surface area contributed by atoms with Gasteiger partial charge in [0.25, 0.3) is 0 Å². The quantitative estimate of drug-likeness (QED) is 0.480. The van der Waals surface area contributed by atoms with E-state index in [1.165, 1.54) is 36.5 Å². The van der Waals surface area contributed by atoms with E-state index in [0.717, 1.165) is 0 Å². The topological polar surface area (TPSA) is 0 Å². The molecule has 1 nitrogen and oxygen atoms in total. The van der Waals surface area contributed by atoms with Crippen LogP contribution in [-0.4, -0.2) is 40.5 Å². The van der Waals surface area contributed by atoms with Crippen molar-refractivity contribution >= 4 is 8.80 Å². The SMILES string of the molecule is CC[N+](C)(C)CCC[Si](C)C1=CC=CC1. The lowest BCUT2D eigenvalue weighted by atomic mass is 10.4. The molecule has 15 heavy (non-hydrogen) atoms. The highest BCUT2D eigenvalue weighted by molar-refractivity contribution is 6.65. The molecule has 85 valence electrons. The Balaban J connectivity index is 2.20. The van der Waals surface area contributed by atoms with Gasteiger partial charge >= 0.3 is 0 Å². The summed E-state index contributed by atoms with van der Waals surface area (Å²) in [5, 5.41) is 1.72. The van der Waals surface area contributed by atoms with E-state index in [-0.39, 0.29) is 8.80 Å². The van der Waals surface area contributed by atoms with Gasteiger partial charge in [-0.2, -0.15) is 0 Å². The lowest BCUT2D eigenvalue weighted by molar-refractivity contribution is -0.888. The van der Waals surface area contributed by atoms with E-state index in [9.17, 15) is 0 Å². The van der Waals surface area contributed by atoms with Crippen LogP contribution in [0.25, 0.3) is 0 Å². The molecule has 0 saturated heterocycles. The molecule has 0 amide bonds. The van der Waals surface area contributed by atoms with Crippen molar-refractivity contribution in [1.29, 1.82) is 0 Å². The maximum atomic E-state index is 2.47. The second kappa shape index (κ2) is 5.66. The normalized spacial score (nSPS) is 16.2. The number of hydrogen-bond acceptors (Lipinski definition) is 0. The van der Waals surface area contributed by atoms with Crippen LogP contribution in [0.4, 0.5) is 0 Å². The molecule has 0 unspecified atom stereocenters. The van der Waals surface area contributed by atoms with Crippen LogP contribution in [0.1, 0.15) is 19.8 Å². The van der Waals surface area contributed by atoms with Gasteiger partial charge in [-0.15, -0.1) is 0 Å². The summed E-state index contributed by atoms with van der Waals surface area (Å²) in [5.74, 6) is 0. The minimum atomic E-state index is -0.209. The molecule has 0 aromatic carbocycles. The monoisotopic (exact) mass is 223 g/mol. The fourth-order valence-electron chi connectivity index (χ4n) is 1.85. The molecular weight excluding hydrogens is 198 g/mol. The lowest BCUT2D eigenvalue weighted by Gasteiger charge is -2.28. The number of nitrogens with zero attached hydrogens (tertiary/aromatic N) is 1. The summed E-state index contributed by atoms with van der Waals surface area (Å²) in [5.41, 5.74) is 0. The van der Waals surface area contributed by atoms with Gasteiger partial charge in [0.15, 0.2) is 0 Å². The molecule has 1 aliphatic rings. The van der Waals surface area contributed by atoms with Crippen molar-refractivity contribution < 1.29 is 4.48 Å². The van der Waals surface area contributed by atoms with Crippen LogP contribution in [0.15, 0.2) is 23.4 Å². The maximum Gasteiger partial charge on any atom is 0.0779 e. The summed E-state index contributed by atoms with van der Waals surface area (Å²) in [6.45, 7) is 7.33. The zero-order valence-corrected chi connectivity index (χ0v) is 11.7. The third-order valence-electron chi connectivity index (χ3n) is 3.49. The Bertz CT molecular complexity index is 253. The zero-order chi connectivity index (χ0) is 11.3. The predicted octanol–water partition coefficient (Wildman–Crippen LogP) is 3.02. The molecule has 1 rings (SSSR count). The van der Waals surface area contributed by atoms with Gasteiger partial charge in [-0.25, -0.2) is 0 Å². The van der Waals surface area contributed by atoms with Crippen molar-refractivity contribution in [3.8, 4) is 0 Å². The first kappa shape index (κ1) is 12.7. The van der Waals surface area contributed by atoms with Crippen molar-refractivity contribution in [2.24, 2.45) is 0 Å². The molecule has 1 aliphatic carbocycles. The smallest absolute Gasteiger partial charge is 0.0779 e. The van der Waals surface area contributed by atoms with E-state index in [4.69, 9.17) is 0 Å². The third-order valence-corrected chi connectivity index (χ3v) is 6.06. The van der Waals surface area contributed by atoms with Crippen molar-refractivity contribution in [2.45, 2.75) is 32.4 Å². The van der Waals surface area contributed by atoms with E-state index < -0.39 is 0 Å². The van der Waals surface area contributed by atoms with E-state index in [2.05, 4.69) is 45.8 Å². The third kappa shape index (κ3) is 4.35. The molecule has 1 radical (unpaired) electrons. The highest BCUT2D eigenvalue weighted by atomic mass is 28.3. The highest BCUT2D eigenvalue weighted by Crippen LogP contribution is 2.18. The second-order valence-electron chi connectivity index (χ2n) is 5.18. The van der Waals surface area contributed by atoms with Gasteiger partial charge in [-0.05, 0) is 19.8 Å². The number of hydrogen-bond donors (Lipinski definition) is 0. The molecule has 0 aromatic heterocycles. The molecule has 0 heterocycles. The molecule has 0 N–H and O–H groups in total. The largest absolute Gasteiger partial charge is 0.329 e. The summed E-state index contributed by atoms with van der Waals surface area (Å²) in [6.07, 6.45) is 9.47. The minimum Gasteiger partial charge on any atom is -0.329 e. The average molecular weight is 223 g/mol. The first-order chi connectivity index (χ1) is 7.05. The van der Waals surface area contributed by atoms with E-state index in [1.807, 2.05) is 0 Å². The Labute approximate surface area is 96.7 Å². The van der Waals surface area contributed by atoms with E-state index in [0.29, 0.717) is 0 Å². The van der Waals surface area contributed by atoms with Crippen molar-refractivity contribution in [3.63, 3.8) is 0 Å². The van der Waals surface area contributed by atoms with Crippen molar-refractivity contribution in [1.82, 2.24) is 0 Å². The first-order valence-electron chi connectivity index (χ1n) is 6.05. The van der Waals surface area contributed by atoms with Gasteiger partial charge in [0, 0.05) is 0 Å². The summed E-state index contributed by atoms with van der Waals surface area (Å²) < 4.78 is 1.17. The van der Waals surface area contributed by atoms with E-state index in [1.54, 1.807) is 5.20 Å². The molecule has 0 spiro atoms. The Kier molecular flexibility index (Phi) is 4.80. The molecule has 0 bridgehead atoms. The summed E-state index contributed by atoms with van der Waals surface area (Å²) in [7, 11) is 4.45. The fourth-order valence-corrected chi connectivity index (χ4v) is 3.71. The molecule has 0 atom stereocenters. The van der Waals surface area contributed by atoms with Crippen LogP contribution in [-0.2, 0) is 0 Å². The van der Waals surface area contributed by atoms with Crippen LogP contribution < -0.4 is 0 Å².